The van der Waals surface area contributed by atoms with Crippen LogP contribution in [-0.4, -0.2) is 97.0 Å². The van der Waals surface area contributed by atoms with E-state index in [0.717, 1.165) is 11.8 Å². The molecule has 46 heavy (non-hydrogen) atoms. The molecule has 20 nitrogen and oxygen atoms in total. The number of nitrogens with zero attached hydrogens (tertiary/aromatic N) is 7. The van der Waals surface area contributed by atoms with E-state index in [1.54, 1.807) is 4.57 Å². The van der Waals surface area contributed by atoms with E-state index in [0.29, 0.717) is 17.6 Å². The van der Waals surface area contributed by atoms with Crippen LogP contribution < -0.4 is 17.0 Å². The van der Waals surface area contributed by atoms with Gasteiger partial charge < -0.3 is 31.1 Å². The summed E-state index contributed by atoms with van der Waals surface area (Å²) in [7, 11) is -4.94. The number of nitrogens with one attached hydrogen (secondary N) is 1. The number of aromatic nitrogens is 8. The van der Waals surface area contributed by atoms with Crippen LogP contribution in [0.3, 0.4) is 0 Å². The summed E-state index contributed by atoms with van der Waals surface area (Å²) in [5.74, 6) is -0.480. The summed E-state index contributed by atoms with van der Waals surface area (Å²) in [6, 6.07) is -0.733. The molecule has 4 fully saturated rings. The summed E-state index contributed by atoms with van der Waals surface area (Å²) in [6.45, 7) is -5.11. The van der Waals surface area contributed by atoms with Gasteiger partial charge in [-0.2, -0.15) is 4.98 Å². The van der Waals surface area contributed by atoms with E-state index in [9.17, 15) is 29.0 Å². The molecule has 4 aromatic rings. The lowest BCUT2D eigenvalue weighted by atomic mass is 10.0. The Morgan fingerprint density at radius 1 is 1.04 bits per heavy atom. The number of imidazole rings is 2. The van der Waals surface area contributed by atoms with Gasteiger partial charge in [-0.15, -0.1) is 11.8 Å². The Morgan fingerprint density at radius 2 is 1.80 bits per heavy atom. The molecule has 4 aliphatic rings. The lowest BCUT2D eigenvalue weighted by Crippen LogP contribution is -2.37. The summed E-state index contributed by atoms with van der Waals surface area (Å²) in [6.07, 6.45) is -1.18. The molecule has 2 saturated carbocycles. The highest BCUT2D eigenvalue weighted by molar-refractivity contribution is 8.44. The second kappa shape index (κ2) is 10.4. The van der Waals surface area contributed by atoms with Gasteiger partial charge >= 0.3 is 14.6 Å². The van der Waals surface area contributed by atoms with Crippen LogP contribution >= 0.6 is 38.6 Å². The molecule has 3 unspecified atom stereocenters. The molecule has 2 bridgehead atoms. The van der Waals surface area contributed by atoms with Crippen molar-refractivity contribution in [3.63, 3.8) is 0 Å². The highest BCUT2D eigenvalue weighted by Crippen LogP contribution is 2.73. The predicted molar refractivity (Wildman–Crippen MR) is 162 cm³/mol. The summed E-state index contributed by atoms with van der Waals surface area (Å²) in [5, 5.41) is 20.9. The second-order valence-corrected chi connectivity index (χ2v) is 17.2. The molecule has 2 aliphatic heterocycles. The minimum Gasteiger partial charge on any atom is -0.389 e. The molecule has 2 aliphatic carbocycles. The number of H-pyrrole nitrogens is 1. The van der Waals surface area contributed by atoms with Crippen molar-refractivity contribution in [2.24, 2.45) is 11.3 Å². The Balaban J connectivity index is 1.14. The highest BCUT2D eigenvalue weighted by atomic mass is 32.7. The Hall–Kier alpha value is -2.62. The van der Waals surface area contributed by atoms with E-state index in [-0.39, 0.29) is 22.9 Å². The first-order valence-electron chi connectivity index (χ1n) is 13.8. The molecule has 0 radical (unpaired) electrons. The summed E-state index contributed by atoms with van der Waals surface area (Å²) < 4.78 is 52.7. The Labute approximate surface area is 266 Å². The molecule has 246 valence electrons. The fraction of sp³-hybridized carbons (Fsp3) is 0.545. The maximum atomic E-state index is 13.6. The Kier molecular flexibility index (Phi) is 6.97. The van der Waals surface area contributed by atoms with E-state index < -0.39 is 85.8 Å². The van der Waals surface area contributed by atoms with Crippen molar-refractivity contribution in [3.8, 4) is 0 Å². The van der Waals surface area contributed by atoms with Crippen LogP contribution in [0.15, 0.2) is 23.8 Å². The number of fused-ring (bicyclic) bond motifs is 4. The largest absolute Gasteiger partial charge is 0.472 e. The van der Waals surface area contributed by atoms with Gasteiger partial charge in [0.05, 0.1) is 43.3 Å². The number of aliphatic hydroxyl groups excluding tert-OH is 2. The number of phosphoric ester groups is 1. The highest BCUT2D eigenvalue weighted by Gasteiger charge is 2.74. The van der Waals surface area contributed by atoms with Crippen LogP contribution in [0.25, 0.3) is 22.3 Å². The quantitative estimate of drug-likeness (QED) is 0.106. The van der Waals surface area contributed by atoms with Gasteiger partial charge in [0.2, 0.25) is 5.95 Å². The molecule has 0 amide bonds. The van der Waals surface area contributed by atoms with Crippen LogP contribution in [-0.2, 0) is 27.2 Å². The maximum absolute atomic E-state index is 13.6. The number of hydrogen-bond donors (Lipinski definition) is 7. The number of anilines is 2. The minimum absolute atomic E-state index is 0.0340. The van der Waals surface area contributed by atoms with Crippen molar-refractivity contribution >= 4 is 72.7 Å². The number of rotatable bonds is 2. The Bertz CT molecular complexity index is 2050. The third-order valence-corrected chi connectivity index (χ3v) is 13.1. The zero-order valence-corrected chi connectivity index (χ0v) is 26.7. The van der Waals surface area contributed by atoms with Crippen molar-refractivity contribution < 1.29 is 42.3 Å². The smallest absolute Gasteiger partial charge is 0.389 e. The van der Waals surface area contributed by atoms with Crippen LogP contribution in [0.4, 0.5) is 11.8 Å². The fourth-order valence-electron chi connectivity index (χ4n) is 6.81. The summed E-state index contributed by atoms with van der Waals surface area (Å²) in [4.78, 5) is 46.3. The molecule has 24 heteroatoms. The number of hydrogen-bond acceptors (Lipinski definition) is 17. The van der Waals surface area contributed by atoms with Gasteiger partial charge in [0.25, 0.3) is 5.56 Å². The maximum Gasteiger partial charge on any atom is 0.472 e. The van der Waals surface area contributed by atoms with Crippen molar-refractivity contribution in [1.29, 1.82) is 0 Å². The first-order valence-corrected chi connectivity index (χ1v) is 18.9. The molecule has 4 aromatic heterocycles. The van der Waals surface area contributed by atoms with E-state index in [4.69, 9.17) is 29.6 Å². The molecule has 11 atom stereocenters. The number of phosphoric acid groups is 1. The Morgan fingerprint density at radius 3 is 2.61 bits per heavy atom. The number of thioether (sulfide) groups is 1. The standard InChI is InChI=1S/C22H26N10O10P2S2/c23-16-9-17(26-4-25-16)31(5-27-9)11-7-1-22(7)3-40-43(36,37)41-14-12(33)8(2-39-44(38,45)42-15(22)13(11)34)46-20(14)32-6-28-10-18(32)29-21(24)30-19(10)35/h4-8,11-15,20,33-34H,1-3H2,(H,36,37)(H,38,45)(H2,23,25,26)(H3,24,29,30,35)/t7-,8-,11-,12-,13+,14-,15+,20-,22?,44?/m1/s1. The SMILES string of the molecule is Nc1nc2c(ncn2[C@@H]2S[C@@H]3COP(=O)(S)O[C@H]4[C@@H](O)[C@H](n5cnc6c(N)ncnc65)[C@H]5CC54COP(=O)(O)O[C@@H]2[C@@H]3O)c(=O)[nH]1. The molecular weight excluding hydrogens is 690 g/mol. The average molecular weight is 717 g/mol. The monoisotopic (exact) mass is 716 g/mol. The third kappa shape index (κ3) is 4.73. The van der Waals surface area contributed by atoms with Crippen LogP contribution in [0.5, 0.6) is 0 Å². The number of aromatic amines is 1. The minimum atomic E-state index is -4.94. The number of thiol groups is 1. The van der Waals surface area contributed by atoms with E-state index in [1.807, 2.05) is 0 Å². The van der Waals surface area contributed by atoms with E-state index >= 15 is 0 Å². The lowest BCUT2D eigenvalue weighted by molar-refractivity contribution is -0.0224. The second-order valence-electron chi connectivity index (χ2n) is 11.5. The molecule has 2 saturated heterocycles. The van der Waals surface area contributed by atoms with E-state index in [1.165, 1.54) is 23.5 Å². The molecule has 6 heterocycles. The van der Waals surface area contributed by atoms with Crippen molar-refractivity contribution in [3.05, 3.63) is 29.3 Å². The third-order valence-electron chi connectivity index (χ3n) is 8.96. The first-order chi connectivity index (χ1) is 21.8. The zero-order valence-electron chi connectivity index (χ0n) is 23.2. The van der Waals surface area contributed by atoms with E-state index in [2.05, 4.69) is 42.2 Å². The van der Waals surface area contributed by atoms with Crippen LogP contribution in [0.1, 0.15) is 17.8 Å². The molecule has 0 aromatic carbocycles. The van der Waals surface area contributed by atoms with Crippen molar-refractivity contribution in [2.45, 2.75) is 47.5 Å². The molecule has 8 N–H and O–H groups in total. The average Bonchev–Trinajstić information content (AvgIpc) is 3.26. The van der Waals surface area contributed by atoms with Gasteiger partial charge in [0, 0.05) is 5.41 Å². The summed E-state index contributed by atoms with van der Waals surface area (Å²) in [5.41, 5.74) is 10.6. The van der Waals surface area contributed by atoms with Crippen LogP contribution in [0.2, 0.25) is 0 Å². The van der Waals surface area contributed by atoms with Gasteiger partial charge in [-0.25, -0.2) is 29.1 Å². The zero-order chi connectivity index (χ0) is 32.3. The van der Waals surface area contributed by atoms with Gasteiger partial charge in [0.1, 0.15) is 35.5 Å². The molecular formula is C22H26N10O10P2S2. The van der Waals surface area contributed by atoms with Gasteiger partial charge in [-0.1, -0.05) is 12.2 Å². The van der Waals surface area contributed by atoms with Gasteiger partial charge in [0.15, 0.2) is 22.6 Å². The molecule has 1 spiro atoms. The fourth-order valence-corrected chi connectivity index (χ4v) is 11.0. The van der Waals surface area contributed by atoms with Crippen molar-refractivity contribution in [1.82, 2.24) is 39.0 Å². The normalized spacial score (nSPS) is 41.0. The number of nitrogen functional groups attached to an aromatic ring is 2. The molecule has 8 rings (SSSR count). The van der Waals surface area contributed by atoms with Gasteiger partial charge in [-0.3, -0.25) is 32.4 Å². The van der Waals surface area contributed by atoms with Gasteiger partial charge in [-0.05, 0) is 12.3 Å². The van der Waals surface area contributed by atoms with Crippen molar-refractivity contribution in [2.75, 3.05) is 24.7 Å². The first kappa shape index (κ1) is 30.7. The number of nitrogens with two attached hydrogens (primary N) is 2. The predicted octanol–water partition coefficient (Wildman–Crippen LogP) is -0.0238. The topological polar surface area (TPSA) is 291 Å². The summed E-state index contributed by atoms with van der Waals surface area (Å²) >= 11 is 5.19. The lowest BCUT2D eigenvalue weighted by Gasteiger charge is -2.30. The number of aliphatic hydroxyl groups is 2. The van der Waals surface area contributed by atoms with Crippen LogP contribution in [0, 0.1) is 11.3 Å².